The summed E-state index contributed by atoms with van der Waals surface area (Å²) in [6.45, 7) is 30.5. The topological polar surface area (TPSA) is 16.3 Å². The smallest absolute Gasteiger partial charge is 0.252 e. The van der Waals surface area contributed by atoms with E-state index in [1.807, 2.05) is 0 Å². The van der Waals surface area contributed by atoms with E-state index in [-0.39, 0.29) is 33.8 Å². The Labute approximate surface area is 573 Å². The Bertz CT molecular complexity index is 5380. The second-order valence-corrected chi connectivity index (χ2v) is 32.5. The van der Waals surface area contributed by atoms with Gasteiger partial charge < -0.3 is 18.9 Å². The van der Waals surface area contributed by atoms with Crippen molar-refractivity contribution in [2.75, 3.05) is 9.80 Å². The Kier molecular flexibility index (Phi) is 13.6. The number of aromatic nitrogens is 2. The van der Waals surface area contributed by atoms with Crippen LogP contribution in [0.1, 0.15) is 131 Å². The molecule has 1 aliphatic carbocycles. The molecule has 2 aliphatic heterocycles. The van der Waals surface area contributed by atoms with Crippen molar-refractivity contribution in [1.29, 1.82) is 0 Å². The fourth-order valence-electron chi connectivity index (χ4n) is 16.6. The van der Waals surface area contributed by atoms with Crippen molar-refractivity contribution in [3.05, 3.63) is 283 Å². The van der Waals surface area contributed by atoms with Gasteiger partial charge in [-0.25, -0.2) is 0 Å². The summed E-state index contributed by atoms with van der Waals surface area (Å²) in [7, 11) is 0. The molecule has 17 rings (SSSR count). The van der Waals surface area contributed by atoms with Crippen molar-refractivity contribution in [3.63, 3.8) is 0 Å². The average molecular weight is 1260 g/mol. The molecule has 0 amide bonds. The van der Waals surface area contributed by atoms with E-state index in [2.05, 4.69) is 364 Å². The molecule has 476 valence electrons. The van der Waals surface area contributed by atoms with E-state index in [0.29, 0.717) is 0 Å². The summed E-state index contributed by atoms with van der Waals surface area (Å²) in [6.07, 6.45) is 2.36. The lowest BCUT2D eigenvalue weighted by atomic mass is 9.33. The molecule has 0 bridgehead atoms. The van der Waals surface area contributed by atoms with Crippen LogP contribution >= 0.6 is 0 Å². The molecule has 0 saturated carbocycles. The number of para-hydroxylation sites is 4. The SMILES string of the molecule is CC(C)(C)c1ccc(-c2cc3c4c(c2)N(c2ccc(-c5ccc6c(c5)C(C)(C)CCC6(C)C)cc2)c2cc(-n5c6ccccc6c6ccccc65)ccc2B4c2ccc(-n4c5ccccc5c5ccccc54)cc2N3c2ccc(-c3cc(C(C)(C)C)cc(C(C)(C)C)c3)cc2)cc1. The Balaban J connectivity index is 0.941. The van der Waals surface area contributed by atoms with Crippen LogP contribution in [0.5, 0.6) is 0 Å². The molecule has 97 heavy (non-hydrogen) atoms. The van der Waals surface area contributed by atoms with Crippen LogP contribution < -0.4 is 26.2 Å². The summed E-state index contributed by atoms with van der Waals surface area (Å²) in [4.78, 5) is 5.23. The standard InChI is InChI=1S/C92H85BN4/c1-88(2,3)64-37-30-59(31-38-64)63-53-85-87-86(54-63)95(68-41-34-60(35-42-68)62-50-65(89(4,5)6)55-66(51-62)90(7,8)9)84-57-70(97-81-28-20-16-24-73(81)74-25-17-21-29-82(74)97)44-47-78(84)93(87)77-46-43-69(96-79-26-18-14-22-71(79)72-23-15-19-27-80(72)96)56-83(77)94(85)67-39-32-58(33-40-67)61-36-45-75-76(52-61)92(12,13)49-48-91(75,10)11/h14-47,50-57H,48-49H2,1-13H3. The third kappa shape index (κ3) is 9.84. The lowest BCUT2D eigenvalue weighted by molar-refractivity contribution is 0.332. The molecule has 0 spiro atoms. The van der Waals surface area contributed by atoms with Gasteiger partial charge in [0.05, 0.1) is 22.1 Å². The van der Waals surface area contributed by atoms with Crippen LogP contribution in [0.25, 0.3) is 88.4 Å². The maximum Gasteiger partial charge on any atom is 0.252 e. The first-order valence-electron chi connectivity index (χ1n) is 35.1. The minimum Gasteiger partial charge on any atom is -0.311 e. The zero-order valence-electron chi connectivity index (χ0n) is 58.5. The van der Waals surface area contributed by atoms with Crippen LogP contribution in [0.2, 0.25) is 0 Å². The quantitative estimate of drug-likeness (QED) is 0.148. The lowest BCUT2D eigenvalue weighted by Gasteiger charge is -2.44. The van der Waals surface area contributed by atoms with Gasteiger partial charge in [0.2, 0.25) is 0 Å². The number of benzene rings is 12. The van der Waals surface area contributed by atoms with Gasteiger partial charge in [-0.1, -0.05) is 260 Å². The van der Waals surface area contributed by atoms with Crippen LogP contribution in [0, 0.1) is 0 Å². The Morgan fingerprint density at radius 1 is 0.289 bits per heavy atom. The van der Waals surface area contributed by atoms with Gasteiger partial charge in [0.25, 0.3) is 6.71 Å². The molecule has 3 aliphatic rings. The van der Waals surface area contributed by atoms with Crippen LogP contribution in [0.3, 0.4) is 0 Å². The molecule has 4 heterocycles. The van der Waals surface area contributed by atoms with Crippen molar-refractivity contribution in [2.24, 2.45) is 0 Å². The van der Waals surface area contributed by atoms with E-state index < -0.39 is 0 Å². The highest BCUT2D eigenvalue weighted by atomic mass is 15.2. The van der Waals surface area contributed by atoms with E-state index in [4.69, 9.17) is 0 Å². The number of anilines is 6. The summed E-state index contributed by atoms with van der Waals surface area (Å²) in [5, 5.41) is 4.98. The zero-order valence-corrected chi connectivity index (χ0v) is 58.5. The number of hydrogen-bond donors (Lipinski definition) is 0. The van der Waals surface area contributed by atoms with Gasteiger partial charge in [0, 0.05) is 67.0 Å². The zero-order chi connectivity index (χ0) is 66.8. The first-order chi connectivity index (χ1) is 46.5. The minimum absolute atomic E-state index is 0.0106. The van der Waals surface area contributed by atoms with Gasteiger partial charge in [-0.05, 0) is 202 Å². The predicted molar refractivity (Wildman–Crippen MR) is 417 cm³/mol. The van der Waals surface area contributed by atoms with E-state index in [1.165, 1.54) is 140 Å². The van der Waals surface area contributed by atoms with Crippen LogP contribution in [-0.2, 0) is 27.1 Å². The Hall–Kier alpha value is -10.1. The summed E-state index contributed by atoms with van der Waals surface area (Å²) in [5.41, 5.74) is 32.1. The maximum atomic E-state index is 2.62. The van der Waals surface area contributed by atoms with Crippen molar-refractivity contribution >= 4 is 101 Å². The largest absolute Gasteiger partial charge is 0.311 e. The summed E-state index contributed by atoms with van der Waals surface area (Å²) >= 11 is 0. The molecule has 14 aromatic rings. The number of nitrogens with zero attached hydrogens (tertiary/aromatic N) is 4. The molecular formula is C92H85BN4. The fraction of sp³-hybridized carbons (Fsp3) is 0.217. The molecule has 0 radical (unpaired) electrons. The minimum atomic E-state index is -0.142. The summed E-state index contributed by atoms with van der Waals surface area (Å²) in [5.74, 6) is 0. The van der Waals surface area contributed by atoms with Crippen molar-refractivity contribution in [3.8, 4) is 44.8 Å². The first-order valence-corrected chi connectivity index (χ1v) is 35.1. The van der Waals surface area contributed by atoms with Crippen LogP contribution in [0.15, 0.2) is 255 Å². The second-order valence-electron chi connectivity index (χ2n) is 32.5. The van der Waals surface area contributed by atoms with Crippen molar-refractivity contribution in [1.82, 2.24) is 9.13 Å². The van der Waals surface area contributed by atoms with Gasteiger partial charge in [-0.2, -0.15) is 0 Å². The second kappa shape index (κ2) is 21.7. The average Bonchev–Trinajstić information content (AvgIpc) is 0.871. The van der Waals surface area contributed by atoms with Crippen molar-refractivity contribution < 1.29 is 0 Å². The monoisotopic (exact) mass is 1260 g/mol. The van der Waals surface area contributed by atoms with Gasteiger partial charge in [-0.3, -0.25) is 0 Å². The van der Waals surface area contributed by atoms with Crippen LogP contribution in [0.4, 0.5) is 34.1 Å². The van der Waals surface area contributed by atoms with E-state index in [1.54, 1.807) is 0 Å². The molecule has 12 aromatic carbocycles. The Morgan fingerprint density at radius 2 is 0.639 bits per heavy atom. The molecule has 0 unspecified atom stereocenters. The fourth-order valence-corrected chi connectivity index (χ4v) is 16.6. The molecular weight excluding hydrogens is 1170 g/mol. The van der Waals surface area contributed by atoms with Gasteiger partial charge in [0.15, 0.2) is 0 Å². The maximum absolute atomic E-state index is 2.62. The third-order valence-electron chi connectivity index (χ3n) is 22.2. The third-order valence-corrected chi connectivity index (χ3v) is 22.2. The van der Waals surface area contributed by atoms with E-state index in [9.17, 15) is 0 Å². The number of rotatable bonds is 7. The van der Waals surface area contributed by atoms with Gasteiger partial charge in [-0.15, -0.1) is 0 Å². The molecule has 0 fully saturated rings. The molecule has 0 atom stereocenters. The summed E-state index contributed by atoms with van der Waals surface area (Å²) < 4.78 is 4.97. The normalized spacial score (nSPS) is 14.9. The van der Waals surface area contributed by atoms with E-state index in [0.717, 1.165) is 39.7 Å². The molecule has 0 saturated heterocycles. The van der Waals surface area contributed by atoms with Gasteiger partial charge >= 0.3 is 0 Å². The molecule has 0 N–H and O–H groups in total. The Morgan fingerprint density at radius 3 is 1.05 bits per heavy atom. The highest BCUT2D eigenvalue weighted by Crippen LogP contribution is 2.51. The molecule has 5 heteroatoms. The number of fused-ring (bicyclic) bond motifs is 11. The predicted octanol–water partition coefficient (Wildman–Crippen LogP) is 23.2. The highest BCUT2D eigenvalue weighted by molar-refractivity contribution is 7.00. The van der Waals surface area contributed by atoms with Gasteiger partial charge in [0.1, 0.15) is 0 Å². The lowest BCUT2D eigenvalue weighted by Crippen LogP contribution is -2.61. The van der Waals surface area contributed by atoms with Crippen LogP contribution in [-0.4, -0.2) is 15.8 Å². The van der Waals surface area contributed by atoms with E-state index >= 15 is 0 Å². The highest BCUT2D eigenvalue weighted by Gasteiger charge is 2.45. The summed E-state index contributed by atoms with van der Waals surface area (Å²) in [6, 6.07) is 98.4. The first kappa shape index (κ1) is 60.6. The van der Waals surface area contributed by atoms with Crippen molar-refractivity contribution in [2.45, 2.75) is 130 Å². The number of hydrogen-bond acceptors (Lipinski definition) is 2. The molecule has 4 nitrogen and oxygen atoms in total. The molecule has 2 aromatic heterocycles.